The molecule has 0 aliphatic carbocycles. The van der Waals surface area contributed by atoms with E-state index in [4.69, 9.17) is 4.42 Å². The van der Waals surface area contributed by atoms with Crippen LogP contribution >= 0.6 is 0 Å². The lowest BCUT2D eigenvalue weighted by molar-refractivity contribution is 0.411. The molecular weight excluding hydrogens is 174 g/mol. The number of nitrogens with one attached hydrogen (secondary N) is 1. The molecule has 0 saturated carbocycles. The zero-order valence-electron chi connectivity index (χ0n) is 9.42. The summed E-state index contributed by atoms with van der Waals surface area (Å²) in [6.07, 6.45) is 6.02. The lowest BCUT2D eigenvalue weighted by atomic mass is 10.0. The Morgan fingerprint density at radius 2 is 2.21 bits per heavy atom. The second-order valence-electron chi connectivity index (χ2n) is 4.16. The van der Waals surface area contributed by atoms with Gasteiger partial charge >= 0.3 is 0 Å². The van der Waals surface area contributed by atoms with Gasteiger partial charge in [0, 0.05) is 18.2 Å². The van der Waals surface area contributed by atoms with Crippen molar-refractivity contribution in [3.63, 3.8) is 0 Å². The average molecular weight is 195 g/mol. The topological polar surface area (TPSA) is 25.2 Å². The highest BCUT2D eigenvalue weighted by Crippen LogP contribution is 2.10. The third-order valence-electron chi connectivity index (χ3n) is 2.69. The maximum Gasteiger partial charge on any atom is 0.0947 e. The van der Waals surface area contributed by atoms with Crippen molar-refractivity contribution in [3.8, 4) is 0 Å². The van der Waals surface area contributed by atoms with Crippen molar-refractivity contribution in [3.05, 3.63) is 24.2 Å². The van der Waals surface area contributed by atoms with E-state index in [1.54, 1.807) is 12.5 Å². The first-order valence-corrected chi connectivity index (χ1v) is 5.46. The predicted octanol–water partition coefficient (Wildman–Crippen LogP) is 3.19. The van der Waals surface area contributed by atoms with E-state index >= 15 is 0 Å². The zero-order valence-corrected chi connectivity index (χ0v) is 9.42. The van der Waals surface area contributed by atoms with E-state index in [9.17, 15) is 0 Å². The van der Waals surface area contributed by atoms with Gasteiger partial charge in [-0.25, -0.2) is 0 Å². The summed E-state index contributed by atoms with van der Waals surface area (Å²) >= 11 is 0. The smallest absolute Gasteiger partial charge is 0.0947 e. The fourth-order valence-corrected chi connectivity index (χ4v) is 1.54. The first-order chi connectivity index (χ1) is 6.72. The van der Waals surface area contributed by atoms with E-state index in [2.05, 4.69) is 26.1 Å². The number of furan rings is 1. The van der Waals surface area contributed by atoms with Gasteiger partial charge in [0.05, 0.1) is 12.5 Å². The van der Waals surface area contributed by atoms with Crippen LogP contribution in [0.3, 0.4) is 0 Å². The van der Waals surface area contributed by atoms with Crippen LogP contribution in [0.1, 0.15) is 39.2 Å². The van der Waals surface area contributed by atoms with Crippen LogP contribution in [0.5, 0.6) is 0 Å². The molecule has 0 aliphatic rings. The molecule has 0 aromatic carbocycles. The first-order valence-electron chi connectivity index (χ1n) is 5.46. The Balaban J connectivity index is 2.18. The highest BCUT2D eigenvalue weighted by Gasteiger charge is 2.06. The molecule has 0 fully saturated rings. The fourth-order valence-electron chi connectivity index (χ4n) is 1.54. The van der Waals surface area contributed by atoms with Gasteiger partial charge in [0.2, 0.25) is 0 Å². The molecule has 1 heterocycles. The monoisotopic (exact) mass is 195 g/mol. The van der Waals surface area contributed by atoms with Crippen LogP contribution in [-0.4, -0.2) is 6.04 Å². The van der Waals surface area contributed by atoms with Gasteiger partial charge in [-0.2, -0.15) is 0 Å². The normalized spacial score (nSPS) is 15.4. The van der Waals surface area contributed by atoms with Crippen molar-refractivity contribution in [2.24, 2.45) is 5.92 Å². The molecule has 2 unspecified atom stereocenters. The Morgan fingerprint density at radius 1 is 1.43 bits per heavy atom. The van der Waals surface area contributed by atoms with Gasteiger partial charge in [0.1, 0.15) is 0 Å². The molecule has 1 rings (SSSR count). The molecule has 0 radical (unpaired) electrons. The quantitative estimate of drug-likeness (QED) is 0.754. The van der Waals surface area contributed by atoms with Crippen LogP contribution < -0.4 is 5.32 Å². The third kappa shape index (κ3) is 3.97. The summed E-state index contributed by atoms with van der Waals surface area (Å²) in [4.78, 5) is 0. The van der Waals surface area contributed by atoms with Gasteiger partial charge in [0.15, 0.2) is 0 Å². The summed E-state index contributed by atoms with van der Waals surface area (Å²) in [5.74, 6) is 0.807. The Kier molecular flexibility index (Phi) is 4.74. The van der Waals surface area contributed by atoms with Crippen LogP contribution in [-0.2, 0) is 6.54 Å². The lowest BCUT2D eigenvalue weighted by Crippen LogP contribution is -2.27. The number of hydrogen-bond acceptors (Lipinski definition) is 2. The largest absolute Gasteiger partial charge is 0.472 e. The molecule has 1 N–H and O–H groups in total. The van der Waals surface area contributed by atoms with E-state index < -0.39 is 0 Å². The Morgan fingerprint density at radius 3 is 2.79 bits per heavy atom. The summed E-state index contributed by atoms with van der Waals surface area (Å²) in [6, 6.07) is 2.59. The van der Waals surface area contributed by atoms with E-state index in [0.29, 0.717) is 6.04 Å². The van der Waals surface area contributed by atoms with Crippen molar-refractivity contribution in [2.45, 2.75) is 46.2 Å². The maximum absolute atomic E-state index is 5.01. The summed E-state index contributed by atoms with van der Waals surface area (Å²) in [6.45, 7) is 7.70. The summed E-state index contributed by atoms with van der Waals surface area (Å²) in [5, 5.41) is 3.49. The van der Waals surface area contributed by atoms with Gasteiger partial charge in [-0.1, -0.05) is 20.3 Å². The number of hydrogen-bond donors (Lipinski definition) is 1. The molecule has 14 heavy (non-hydrogen) atoms. The van der Waals surface area contributed by atoms with Crippen molar-refractivity contribution in [1.82, 2.24) is 5.32 Å². The minimum Gasteiger partial charge on any atom is -0.472 e. The molecule has 2 nitrogen and oxygen atoms in total. The van der Waals surface area contributed by atoms with Crippen LogP contribution in [0.4, 0.5) is 0 Å². The van der Waals surface area contributed by atoms with E-state index in [0.717, 1.165) is 12.5 Å². The second-order valence-corrected chi connectivity index (χ2v) is 4.16. The fraction of sp³-hybridized carbons (Fsp3) is 0.667. The van der Waals surface area contributed by atoms with Crippen LogP contribution in [0.15, 0.2) is 23.0 Å². The Labute approximate surface area is 86.7 Å². The highest BCUT2D eigenvalue weighted by atomic mass is 16.3. The van der Waals surface area contributed by atoms with Gasteiger partial charge in [-0.15, -0.1) is 0 Å². The molecule has 1 aromatic rings. The molecule has 2 atom stereocenters. The van der Waals surface area contributed by atoms with Gasteiger partial charge in [-0.3, -0.25) is 0 Å². The minimum atomic E-state index is 0.583. The third-order valence-corrected chi connectivity index (χ3v) is 2.69. The van der Waals surface area contributed by atoms with E-state index in [1.165, 1.54) is 18.4 Å². The Hall–Kier alpha value is -0.760. The van der Waals surface area contributed by atoms with Gasteiger partial charge in [-0.05, 0) is 25.3 Å². The number of rotatable bonds is 6. The Bertz CT molecular complexity index is 230. The molecule has 1 aromatic heterocycles. The van der Waals surface area contributed by atoms with E-state index in [-0.39, 0.29) is 0 Å². The SMILES string of the molecule is CCC(C)CC(C)NCc1ccoc1. The van der Waals surface area contributed by atoms with Crippen LogP contribution in [0.2, 0.25) is 0 Å². The molecule has 0 saturated heterocycles. The minimum absolute atomic E-state index is 0.583. The second kappa shape index (κ2) is 5.86. The first kappa shape index (κ1) is 11.3. The molecule has 0 bridgehead atoms. The molecular formula is C12H21NO. The summed E-state index contributed by atoms with van der Waals surface area (Å²) in [7, 11) is 0. The summed E-state index contributed by atoms with van der Waals surface area (Å²) < 4.78 is 5.01. The van der Waals surface area contributed by atoms with Crippen molar-refractivity contribution >= 4 is 0 Å². The van der Waals surface area contributed by atoms with E-state index in [1.807, 2.05) is 6.07 Å². The van der Waals surface area contributed by atoms with Crippen LogP contribution in [0, 0.1) is 5.92 Å². The highest BCUT2D eigenvalue weighted by molar-refractivity contribution is 5.04. The molecule has 0 aliphatic heterocycles. The molecule has 2 heteroatoms. The molecule has 80 valence electrons. The van der Waals surface area contributed by atoms with Gasteiger partial charge < -0.3 is 9.73 Å². The lowest BCUT2D eigenvalue weighted by Gasteiger charge is -2.16. The maximum atomic E-state index is 5.01. The van der Waals surface area contributed by atoms with Crippen molar-refractivity contribution in [2.75, 3.05) is 0 Å². The standard InChI is InChI=1S/C12H21NO/c1-4-10(2)7-11(3)13-8-12-5-6-14-9-12/h5-6,9-11,13H,4,7-8H2,1-3H3. The predicted molar refractivity (Wildman–Crippen MR) is 59.1 cm³/mol. The zero-order chi connectivity index (χ0) is 10.4. The summed E-state index contributed by atoms with van der Waals surface area (Å²) in [5.41, 5.74) is 1.22. The van der Waals surface area contributed by atoms with Crippen molar-refractivity contribution in [1.29, 1.82) is 0 Å². The molecule has 0 amide bonds. The van der Waals surface area contributed by atoms with Gasteiger partial charge in [0.25, 0.3) is 0 Å². The van der Waals surface area contributed by atoms with Crippen LogP contribution in [0.25, 0.3) is 0 Å². The molecule has 0 spiro atoms. The van der Waals surface area contributed by atoms with Crippen molar-refractivity contribution < 1.29 is 4.42 Å². The average Bonchev–Trinajstić information content (AvgIpc) is 2.67.